The van der Waals surface area contributed by atoms with E-state index in [4.69, 9.17) is 10.4 Å². The van der Waals surface area contributed by atoms with Crippen molar-refractivity contribution in [2.75, 3.05) is 18.1 Å². The standard InChI is InChI=1S/C27H28N6O4/c1-16-9-24(32-26-8-3-18(11-28)12-30-26)22-10-19(5-7-25(22)33(16)17(2)36)23-6-4-20(13-29-23)27(37)31-21(14-34)15-35/h3-8,10,12-13,16,21,24,28,34-35H,9,14-15H2,1-2H3,(H,31,37)/t16-,24?/m0/s1. The van der Waals surface area contributed by atoms with Gasteiger partial charge < -0.3 is 20.4 Å². The van der Waals surface area contributed by atoms with E-state index in [0.29, 0.717) is 29.1 Å². The van der Waals surface area contributed by atoms with Gasteiger partial charge in [0.25, 0.3) is 5.91 Å². The number of dihydropyridines is 1. The maximum atomic E-state index is 12.5. The molecule has 0 aliphatic carbocycles. The first-order chi connectivity index (χ1) is 17.8. The molecule has 1 aromatic carbocycles. The number of carbonyl (C=O) groups excluding carboxylic acids is 2. The van der Waals surface area contributed by atoms with E-state index in [1.54, 1.807) is 42.3 Å². The number of nitrogens with zero attached hydrogens (tertiary/aromatic N) is 4. The number of aliphatic imine (C=N–C) groups is 2. The third-order valence-electron chi connectivity index (χ3n) is 6.27. The molecule has 0 saturated carbocycles. The Labute approximate surface area is 214 Å². The van der Waals surface area contributed by atoms with Gasteiger partial charge in [-0.2, -0.15) is 0 Å². The normalized spacial score (nSPS) is 19.6. The first-order valence-electron chi connectivity index (χ1n) is 11.9. The van der Waals surface area contributed by atoms with E-state index in [1.165, 1.54) is 6.20 Å². The topological polar surface area (TPSA) is 151 Å². The highest BCUT2D eigenvalue weighted by atomic mass is 16.3. The highest BCUT2D eigenvalue weighted by molar-refractivity contribution is 6.09. The molecule has 2 aliphatic rings. The third-order valence-corrected chi connectivity index (χ3v) is 6.27. The maximum absolute atomic E-state index is 12.5. The van der Waals surface area contributed by atoms with E-state index in [0.717, 1.165) is 16.8 Å². The number of rotatable bonds is 6. The number of nitrogens with one attached hydrogen (secondary N) is 2. The average molecular weight is 501 g/mol. The molecule has 2 aliphatic heterocycles. The van der Waals surface area contributed by atoms with E-state index in [-0.39, 0.29) is 31.2 Å². The fourth-order valence-corrected chi connectivity index (χ4v) is 4.41. The molecule has 2 aromatic rings. The van der Waals surface area contributed by atoms with Crippen LogP contribution in [0.2, 0.25) is 0 Å². The monoisotopic (exact) mass is 500 g/mol. The number of fused-ring (bicyclic) bond motifs is 1. The number of hydrogen-bond acceptors (Lipinski definition) is 7. The van der Waals surface area contributed by atoms with Crippen molar-refractivity contribution in [2.24, 2.45) is 9.98 Å². The quantitative estimate of drug-likeness (QED) is 0.449. The molecule has 4 rings (SSSR count). The molecule has 10 nitrogen and oxygen atoms in total. The SMILES string of the molecule is CC(=O)N1c2ccc(-c3ccc(C(=O)NC(CO)CO)cn3)cc2C(N=C2C=CC(=C=N)C=N2)C[C@@H]1C. The molecule has 0 spiro atoms. The van der Waals surface area contributed by atoms with Gasteiger partial charge in [-0.15, -0.1) is 0 Å². The van der Waals surface area contributed by atoms with Gasteiger partial charge in [0, 0.05) is 42.2 Å². The van der Waals surface area contributed by atoms with Crippen molar-refractivity contribution in [3.8, 4) is 11.3 Å². The molecular weight excluding hydrogens is 472 g/mol. The predicted octanol–water partition coefficient (Wildman–Crippen LogP) is 2.23. The van der Waals surface area contributed by atoms with Gasteiger partial charge in [0.2, 0.25) is 5.91 Å². The summed E-state index contributed by atoms with van der Waals surface area (Å²) in [5.41, 5.74) is 3.95. The van der Waals surface area contributed by atoms with Crippen LogP contribution < -0.4 is 10.2 Å². The molecule has 0 saturated heterocycles. The van der Waals surface area contributed by atoms with Crippen molar-refractivity contribution in [2.45, 2.75) is 38.4 Å². The molecule has 1 unspecified atom stereocenters. The number of carbonyl (C=O) groups is 2. The number of amidine groups is 1. The Kier molecular flexibility index (Phi) is 7.83. The molecule has 3 heterocycles. The van der Waals surface area contributed by atoms with Gasteiger partial charge in [-0.05, 0) is 55.6 Å². The Morgan fingerprint density at radius 3 is 2.62 bits per heavy atom. The van der Waals surface area contributed by atoms with E-state index >= 15 is 0 Å². The zero-order valence-corrected chi connectivity index (χ0v) is 20.5. The Morgan fingerprint density at radius 1 is 1.24 bits per heavy atom. The number of benzene rings is 1. The minimum Gasteiger partial charge on any atom is -0.394 e. The van der Waals surface area contributed by atoms with E-state index < -0.39 is 11.9 Å². The summed E-state index contributed by atoms with van der Waals surface area (Å²) in [5, 5.41) is 28.1. The smallest absolute Gasteiger partial charge is 0.253 e. The van der Waals surface area contributed by atoms with Crippen LogP contribution in [0, 0.1) is 5.41 Å². The van der Waals surface area contributed by atoms with Crippen LogP contribution in [-0.4, -0.2) is 70.2 Å². The van der Waals surface area contributed by atoms with Gasteiger partial charge in [0.15, 0.2) is 0 Å². The number of aromatic nitrogens is 1. The minimum atomic E-state index is -0.742. The van der Waals surface area contributed by atoms with Crippen LogP contribution >= 0.6 is 0 Å². The third kappa shape index (κ3) is 5.62. The van der Waals surface area contributed by atoms with Crippen molar-refractivity contribution >= 4 is 35.4 Å². The number of allylic oxidation sites excluding steroid dienone is 2. The van der Waals surface area contributed by atoms with Gasteiger partial charge in [-0.1, -0.05) is 6.07 Å². The minimum absolute atomic E-state index is 0.0542. The van der Waals surface area contributed by atoms with Gasteiger partial charge in [0.05, 0.1) is 42.1 Å². The molecule has 190 valence electrons. The largest absolute Gasteiger partial charge is 0.394 e. The lowest BCUT2D eigenvalue weighted by molar-refractivity contribution is -0.117. The van der Waals surface area contributed by atoms with Crippen molar-refractivity contribution < 1.29 is 19.8 Å². The summed E-state index contributed by atoms with van der Waals surface area (Å²) in [6.45, 7) is 2.80. The van der Waals surface area contributed by atoms with Crippen LogP contribution in [0.15, 0.2) is 64.2 Å². The molecule has 0 fully saturated rings. The fourth-order valence-electron chi connectivity index (χ4n) is 4.41. The summed E-state index contributed by atoms with van der Waals surface area (Å²) in [6.07, 6.45) is 7.07. The Bertz CT molecular complexity index is 1320. The number of hydrogen-bond donors (Lipinski definition) is 4. The number of anilines is 1. The van der Waals surface area contributed by atoms with Crippen LogP contribution in [0.5, 0.6) is 0 Å². The second-order valence-corrected chi connectivity index (χ2v) is 8.89. The van der Waals surface area contributed by atoms with Crippen molar-refractivity contribution in [1.82, 2.24) is 10.3 Å². The van der Waals surface area contributed by atoms with E-state index in [1.807, 2.05) is 25.1 Å². The molecule has 37 heavy (non-hydrogen) atoms. The van der Waals surface area contributed by atoms with Crippen LogP contribution in [0.1, 0.15) is 42.2 Å². The van der Waals surface area contributed by atoms with Crippen molar-refractivity contribution in [3.05, 3.63) is 65.4 Å². The van der Waals surface area contributed by atoms with Gasteiger partial charge in [-0.3, -0.25) is 25.0 Å². The number of amides is 2. The summed E-state index contributed by atoms with van der Waals surface area (Å²) >= 11 is 0. The summed E-state index contributed by atoms with van der Waals surface area (Å²) in [4.78, 5) is 40.2. The molecule has 4 N–H and O–H groups in total. The Morgan fingerprint density at radius 2 is 2.03 bits per heavy atom. The summed E-state index contributed by atoms with van der Waals surface area (Å²) in [7, 11) is 0. The van der Waals surface area contributed by atoms with Gasteiger partial charge in [-0.25, -0.2) is 4.99 Å². The summed E-state index contributed by atoms with van der Waals surface area (Å²) in [6, 6.07) is 8.03. The number of aliphatic hydroxyl groups is 2. The highest BCUT2D eigenvalue weighted by Crippen LogP contribution is 2.41. The van der Waals surface area contributed by atoms with Crippen LogP contribution in [0.25, 0.3) is 11.3 Å². The zero-order valence-electron chi connectivity index (χ0n) is 20.5. The average Bonchev–Trinajstić information content (AvgIpc) is 2.91. The molecule has 2 amide bonds. The molecule has 0 radical (unpaired) electrons. The van der Waals surface area contributed by atoms with Crippen LogP contribution in [0.4, 0.5) is 5.69 Å². The second-order valence-electron chi connectivity index (χ2n) is 8.89. The maximum Gasteiger partial charge on any atom is 0.253 e. The van der Waals surface area contributed by atoms with Crippen LogP contribution in [-0.2, 0) is 4.79 Å². The lowest BCUT2D eigenvalue weighted by Crippen LogP contribution is -2.41. The van der Waals surface area contributed by atoms with Crippen molar-refractivity contribution in [1.29, 1.82) is 5.41 Å². The number of aliphatic hydroxyl groups excluding tert-OH is 2. The lowest BCUT2D eigenvalue weighted by Gasteiger charge is -2.38. The first-order valence-corrected chi connectivity index (χ1v) is 11.9. The van der Waals surface area contributed by atoms with E-state index in [9.17, 15) is 19.8 Å². The highest BCUT2D eigenvalue weighted by Gasteiger charge is 2.33. The lowest BCUT2D eigenvalue weighted by atomic mass is 9.90. The Balaban J connectivity index is 1.67. The molecule has 0 bridgehead atoms. The molecule has 10 heteroatoms. The molecule has 2 atom stereocenters. The fraction of sp³-hybridized carbons (Fsp3) is 0.296. The Hall–Kier alpha value is -4.24. The number of pyridine rings is 1. The summed E-state index contributed by atoms with van der Waals surface area (Å²) < 4.78 is 0. The molecular formula is C27H28N6O4. The van der Waals surface area contributed by atoms with Gasteiger partial charge >= 0.3 is 0 Å². The predicted molar refractivity (Wildman–Crippen MR) is 141 cm³/mol. The second kappa shape index (κ2) is 11.2. The van der Waals surface area contributed by atoms with Gasteiger partial charge in [0.1, 0.15) is 5.84 Å². The zero-order chi connectivity index (χ0) is 26.5. The van der Waals surface area contributed by atoms with Crippen molar-refractivity contribution in [3.63, 3.8) is 0 Å². The molecule has 1 aromatic heterocycles. The van der Waals surface area contributed by atoms with Crippen LogP contribution in [0.3, 0.4) is 0 Å². The first kappa shape index (κ1) is 25.8. The van der Waals surface area contributed by atoms with E-state index in [2.05, 4.69) is 21.2 Å². The summed E-state index contributed by atoms with van der Waals surface area (Å²) in [5.74, 6) is 2.33.